The molecule has 0 N–H and O–H groups in total. The third kappa shape index (κ3) is 2.95. The van der Waals surface area contributed by atoms with Crippen molar-refractivity contribution in [2.45, 2.75) is 0 Å². The van der Waals surface area contributed by atoms with Crippen molar-refractivity contribution in [3.8, 4) is 0 Å². The Kier molecular flexibility index (Phi) is 3.23. The van der Waals surface area contributed by atoms with Crippen LogP contribution in [0.3, 0.4) is 0 Å². The fourth-order valence-electron chi connectivity index (χ4n) is 0.347. The van der Waals surface area contributed by atoms with E-state index in [2.05, 4.69) is 18.0 Å². The maximum Gasteiger partial charge on any atom is 0.0253 e. The van der Waals surface area contributed by atoms with Gasteiger partial charge in [0.2, 0.25) is 0 Å². The highest BCUT2D eigenvalue weighted by Gasteiger charge is 2.06. The maximum absolute atomic E-state index is 4.10. The first kappa shape index (κ1) is 6.90. The van der Waals surface area contributed by atoms with Crippen LogP contribution in [0.25, 0.3) is 0 Å². The lowest BCUT2D eigenvalue weighted by atomic mass is 10.8. The van der Waals surface area contributed by atoms with E-state index < -0.39 is 0 Å². The van der Waals surface area contributed by atoms with E-state index in [0.29, 0.717) is 0 Å². The van der Waals surface area contributed by atoms with E-state index in [-0.39, 0.29) is 0 Å². The Labute approximate surface area is 63.9 Å². The molecule has 0 aromatic carbocycles. The van der Waals surface area contributed by atoms with E-state index in [1.165, 1.54) is 16.4 Å². The molecule has 0 saturated heterocycles. The molecule has 0 bridgehead atoms. The second kappa shape index (κ2) is 3.75. The van der Waals surface area contributed by atoms with Gasteiger partial charge in [0.25, 0.3) is 0 Å². The van der Waals surface area contributed by atoms with Crippen LogP contribution in [0.15, 0.2) is 10.3 Å². The first-order valence-electron chi connectivity index (χ1n) is 2.48. The number of thioether (sulfide) groups is 2. The average molecular weight is 164 g/mol. The summed E-state index contributed by atoms with van der Waals surface area (Å²) in [6, 6.07) is 0. The van der Waals surface area contributed by atoms with Crippen LogP contribution in [0.1, 0.15) is 0 Å². The van der Waals surface area contributed by atoms with Gasteiger partial charge >= 0.3 is 0 Å². The molecule has 0 unspecified atom stereocenters. The summed E-state index contributed by atoms with van der Waals surface area (Å²) in [6.07, 6.45) is 0. The van der Waals surface area contributed by atoms with Crippen molar-refractivity contribution in [1.29, 1.82) is 0 Å². The van der Waals surface area contributed by atoms with Gasteiger partial charge in [-0.1, -0.05) is 0 Å². The lowest BCUT2D eigenvalue weighted by molar-refractivity contribution is 1.55. The lowest BCUT2D eigenvalue weighted by Gasteiger charge is -1.89. The van der Waals surface area contributed by atoms with Gasteiger partial charge in [-0.25, -0.2) is 0 Å². The third-order valence-corrected chi connectivity index (χ3v) is 3.19. The minimum Gasteiger partial charge on any atom is -0.179 e. The van der Waals surface area contributed by atoms with Gasteiger partial charge in [-0.2, -0.15) is 24.4 Å². The van der Waals surface area contributed by atoms with Crippen LogP contribution in [0.2, 0.25) is 0 Å². The minimum atomic E-state index is 1.00. The summed E-state index contributed by atoms with van der Waals surface area (Å²) in [5, 5.41) is 2.20. The highest BCUT2D eigenvalue weighted by Crippen LogP contribution is 2.36. The van der Waals surface area contributed by atoms with E-state index in [0.717, 1.165) is 5.75 Å². The van der Waals surface area contributed by atoms with Crippen LogP contribution in [-0.4, -0.2) is 17.3 Å². The van der Waals surface area contributed by atoms with E-state index in [9.17, 15) is 0 Å². The molecule has 1 aliphatic heterocycles. The number of thiol groups is 1. The molecule has 0 radical (unpaired) electrons. The smallest absolute Gasteiger partial charge is 0.0253 e. The Hall–Kier alpha value is 0.790. The monoisotopic (exact) mass is 164 g/mol. The lowest BCUT2D eigenvalue weighted by Crippen LogP contribution is -1.79. The second-order valence-electron chi connectivity index (χ2n) is 1.48. The minimum absolute atomic E-state index is 1.00. The molecule has 1 heterocycles. The summed E-state index contributed by atoms with van der Waals surface area (Å²) in [4.78, 5) is 1.54. The van der Waals surface area contributed by atoms with Crippen molar-refractivity contribution in [2.24, 2.45) is 0 Å². The van der Waals surface area contributed by atoms with E-state index >= 15 is 0 Å². The molecule has 0 spiro atoms. The number of rotatable bonds is 4. The van der Waals surface area contributed by atoms with Crippen molar-refractivity contribution in [1.82, 2.24) is 0 Å². The topological polar surface area (TPSA) is 0 Å². The normalized spacial score (nSPS) is 15.9. The van der Waals surface area contributed by atoms with Gasteiger partial charge in [0.05, 0.1) is 0 Å². The van der Waals surface area contributed by atoms with Crippen molar-refractivity contribution in [2.75, 3.05) is 17.3 Å². The summed E-state index contributed by atoms with van der Waals surface area (Å²) < 4.78 is 0. The molecule has 8 heavy (non-hydrogen) atoms. The molecule has 0 saturated carbocycles. The SMILES string of the molecule is SCCSCC1=CS1. The molecule has 0 aromatic heterocycles. The van der Waals surface area contributed by atoms with E-state index in [1.54, 1.807) is 0 Å². The van der Waals surface area contributed by atoms with Crippen molar-refractivity contribution in [3.05, 3.63) is 10.3 Å². The Balaban J connectivity index is 1.81. The van der Waals surface area contributed by atoms with E-state index in [4.69, 9.17) is 0 Å². The number of hydrogen-bond acceptors (Lipinski definition) is 3. The summed E-state index contributed by atoms with van der Waals surface area (Å²) in [5.74, 6) is 3.40. The standard InChI is InChI=1S/C5H8S3/c6-1-2-7-3-5-4-8-5/h4,6H,1-3H2. The predicted octanol–water partition coefficient (Wildman–Crippen LogP) is 2.24. The van der Waals surface area contributed by atoms with Crippen LogP contribution < -0.4 is 0 Å². The highest BCUT2D eigenvalue weighted by atomic mass is 32.2. The van der Waals surface area contributed by atoms with Gasteiger partial charge in [0.15, 0.2) is 0 Å². The van der Waals surface area contributed by atoms with Crippen molar-refractivity contribution >= 4 is 36.2 Å². The van der Waals surface area contributed by atoms with Crippen molar-refractivity contribution < 1.29 is 0 Å². The fourth-order valence-corrected chi connectivity index (χ4v) is 2.09. The van der Waals surface area contributed by atoms with Crippen LogP contribution in [0.5, 0.6) is 0 Å². The molecular weight excluding hydrogens is 156 g/mol. The molecule has 3 heteroatoms. The third-order valence-electron chi connectivity index (χ3n) is 0.764. The predicted molar refractivity (Wildman–Crippen MR) is 46.9 cm³/mol. The second-order valence-corrected chi connectivity index (χ2v) is 4.03. The first-order chi connectivity index (χ1) is 3.93. The molecule has 1 rings (SSSR count). The average Bonchev–Trinajstić information content (AvgIpc) is 2.51. The molecular formula is C5H8S3. The first-order valence-corrected chi connectivity index (χ1v) is 5.14. The van der Waals surface area contributed by atoms with Crippen LogP contribution in [0.4, 0.5) is 0 Å². The highest BCUT2D eigenvalue weighted by molar-refractivity contribution is 8.13. The number of hydrogen-bond donors (Lipinski definition) is 1. The Morgan fingerprint density at radius 2 is 2.50 bits per heavy atom. The summed E-state index contributed by atoms with van der Waals surface area (Å²) >= 11 is 7.92. The van der Waals surface area contributed by atoms with E-state index in [1.807, 2.05) is 23.5 Å². The van der Waals surface area contributed by atoms with Crippen LogP contribution >= 0.6 is 36.2 Å². The zero-order valence-electron chi connectivity index (χ0n) is 4.46. The summed E-state index contributed by atoms with van der Waals surface area (Å²) in [6.45, 7) is 0. The van der Waals surface area contributed by atoms with Gasteiger partial charge in [0.1, 0.15) is 0 Å². The Morgan fingerprint density at radius 1 is 1.75 bits per heavy atom. The maximum atomic E-state index is 4.10. The quantitative estimate of drug-likeness (QED) is 0.500. The zero-order valence-corrected chi connectivity index (χ0v) is 6.99. The molecule has 1 aliphatic rings. The molecule has 0 aromatic rings. The molecule has 0 amide bonds. The zero-order chi connectivity index (χ0) is 5.82. The van der Waals surface area contributed by atoms with Crippen molar-refractivity contribution in [3.63, 3.8) is 0 Å². The largest absolute Gasteiger partial charge is 0.179 e. The van der Waals surface area contributed by atoms with Gasteiger partial charge in [-0.15, -0.1) is 11.8 Å². The van der Waals surface area contributed by atoms with Gasteiger partial charge in [0, 0.05) is 16.4 Å². The summed E-state index contributed by atoms with van der Waals surface area (Å²) in [5.41, 5.74) is 0. The molecule has 46 valence electrons. The Bertz CT molecular complexity index is 97.8. The summed E-state index contributed by atoms with van der Waals surface area (Å²) in [7, 11) is 0. The molecule has 0 nitrogen and oxygen atoms in total. The van der Waals surface area contributed by atoms with Crippen LogP contribution in [-0.2, 0) is 0 Å². The van der Waals surface area contributed by atoms with Gasteiger partial charge < -0.3 is 0 Å². The molecule has 0 aliphatic carbocycles. The van der Waals surface area contributed by atoms with Gasteiger partial charge in [-0.3, -0.25) is 0 Å². The van der Waals surface area contributed by atoms with Gasteiger partial charge in [-0.05, 0) is 11.2 Å². The fraction of sp³-hybridized carbons (Fsp3) is 0.600. The molecule has 0 fully saturated rings. The van der Waals surface area contributed by atoms with Crippen LogP contribution in [0, 0.1) is 0 Å². The Morgan fingerprint density at radius 3 is 3.00 bits per heavy atom. The molecule has 0 atom stereocenters.